The molecule has 1 aromatic heterocycles. The van der Waals surface area contributed by atoms with Crippen LogP contribution in [0.15, 0.2) is 54.9 Å². The standard InChI is InChI=1S/C20H19N5O3/c1-14(19(26)24-11-10-15-6-2-3-7-16(15)12-24)28-20(27)17-8-4-5-9-18(17)25-13-21-22-23-25/h2-9,13-14H,10-12H2,1H3/t14-/m1/s1. The molecule has 1 aliphatic rings. The summed E-state index contributed by atoms with van der Waals surface area (Å²) < 4.78 is 6.85. The van der Waals surface area contributed by atoms with Crippen LogP contribution in [0.5, 0.6) is 0 Å². The van der Waals surface area contributed by atoms with Gasteiger partial charge in [0.1, 0.15) is 6.33 Å². The Morgan fingerprint density at radius 1 is 1.07 bits per heavy atom. The molecule has 0 spiro atoms. The third-order valence-corrected chi connectivity index (χ3v) is 4.79. The van der Waals surface area contributed by atoms with Crippen LogP contribution < -0.4 is 0 Å². The molecule has 0 radical (unpaired) electrons. The molecule has 2 heterocycles. The van der Waals surface area contributed by atoms with E-state index in [-0.39, 0.29) is 5.91 Å². The molecule has 28 heavy (non-hydrogen) atoms. The average Bonchev–Trinajstić information content (AvgIpc) is 3.27. The number of hydrogen-bond donors (Lipinski definition) is 0. The molecule has 2 aromatic carbocycles. The van der Waals surface area contributed by atoms with Crippen molar-refractivity contribution in [1.82, 2.24) is 25.1 Å². The van der Waals surface area contributed by atoms with E-state index in [1.165, 1.54) is 16.6 Å². The summed E-state index contributed by atoms with van der Waals surface area (Å²) in [6.07, 6.45) is 1.30. The van der Waals surface area contributed by atoms with Crippen LogP contribution in [0.2, 0.25) is 0 Å². The molecule has 0 aliphatic carbocycles. The lowest BCUT2D eigenvalue weighted by Crippen LogP contribution is -2.42. The molecular weight excluding hydrogens is 358 g/mol. The van der Waals surface area contributed by atoms with Crippen molar-refractivity contribution in [3.05, 3.63) is 71.5 Å². The highest BCUT2D eigenvalue weighted by Gasteiger charge is 2.28. The molecule has 0 fully saturated rings. The Balaban J connectivity index is 1.46. The first-order valence-corrected chi connectivity index (χ1v) is 9.02. The number of fused-ring (bicyclic) bond motifs is 1. The first-order chi connectivity index (χ1) is 13.6. The Morgan fingerprint density at radius 3 is 2.61 bits per heavy atom. The minimum absolute atomic E-state index is 0.206. The summed E-state index contributed by atoms with van der Waals surface area (Å²) in [6, 6.07) is 14.9. The van der Waals surface area contributed by atoms with E-state index in [1.807, 2.05) is 18.2 Å². The van der Waals surface area contributed by atoms with Gasteiger partial charge in [0.2, 0.25) is 0 Å². The van der Waals surface area contributed by atoms with E-state index in [0.717, 1.165) is 12.0 Å². The van der Waals surface area contributed by atoms with E-state index in [4.69, 9.17) is 4.74 Å². The van der Waals surface area contributed by atoms with E-state index in [2.05, 4.69) is 21.6 Å². The molecule has 142 valence electrons. The summed E-state index contributed by atoms with van der Waals surface area (Å²) in [5.41, 5.74) is 3.17. The van der Waals surface area contributed by atoms with Crippen LogP contribution in [0, 0.1) is 0 Å². The third kappa shape index (κ3) is 3.48. The van der Waals surface area contributed by atoms with Gasteiger partial charge in [0.25, 0.3) is 5.91 Å². The highest BCUT2D eigenvalue weighted by atomic mass is 16.5. The molecule has 0 bridgehead atoms. The second-order valence-corrected chi connectivity index (χ2v) is 6.60. The summed E-state index contributed by atoms with van der Waals surface area (Å²) in [5.74, 6) is -0.799. The quantitative estimate of drug-likeness (QED) is 0.644. The monoisotopic (exact) mass is 377 g/mol. The van der Waals surface area contributed by atoms with Crippen LogP contribution in [-0.4, -0.2) is 49.6 Å². The predicted molar refractivity (Wildman–Crippen MR) is 99.6 cm³/mol. The van der Waals surface area contributed by atoms with Crippen molar-refractivity contribution in [3.63, 3.8) is 0 Å². The van der Waals surface area contributed by atoms with Gasteiger partial charge in [-0.05, 0) is 47.0 Å². The van der Waals surface area contributed by atoms with E-state index in [9.17, 15) is 9.59 Å². The number of nitrogens with zero attached hydrogens (tertiary/aromatic N) is 5. The van der Waals surface area contributed by atoms with Gasteiger partial charge in [0.15, 0.2) is 6.10 Å². The Morgan fingerprint density at radius 2 is 1.82 bits per heavy atom. The predicted octanol–water partition coefficient (Wildman–Crippen LogP) is 1.79. The van der Waals surface area contributed by atoms with Gasteiger partial charge < -0.3 is 9.64 Å². The zero-order valence-corrected chi connectivity index (χ0v) is 15.4. The van der Waals surface area contributed by atoms with Gasteiger partial charge in [-0.2, -0.15) is 4.68 Å². The Kier molecular flexibility index (Phi) is 4.84. The molecular formula is C20H19N5O3. The normalized spacial score (nSPS) is 14.2. The summed E-state index contributed by atoms with van der Waals surface area (Å²) in [5, 5.41) is 11.0. The zero-order valence-electron chi connectivity index (χ0n) is 15.4. The number of rotatable bonds is 4. The van der Waals surface area contributed by atoms with Gasteiger partial charge >= 0.3 is 5.97 Å². The molecule has 0 saturated heterocycles. The maximum absolute atomic E-state index is 12.8. The maximum Gasteiger partial charge on any atom is 0.341 e. The number of aromatic nitrogens is 4. The Hall–Kier alpha value is -3.55. The average molecular weight is 377 g/mol. The van der Waals surface area contributed by atoms with Gasteiger partial charge in [-0.15, -0.1) is 5.10 Å². The largest absolute Gasteiger partial charge is 0.449 e. The molecule has 0 unspecified atom stereocenters. The second kappa shape index (κ2) is 7.59. The van der Waals surface area contributed by atoms with Crippen LogP contribution in [0.3, 0.4) is 0 Å². The first kappa shape index (κ1) is 17.8. The number of carbonyl (C=O) groups is 2. The van der Waals surface area contributed by atoms with E-state index < -0.39 is 12.1 Å². The fraction of sp³-hybridized carbons (Fsp3) is 0.250. The van der Waals surface area contributed by atoms with Crippen LogP contribution in [0.1, 0.15) is 28.4 Å². The van der Waals surface area contributed by atoms with Gasteiger partial charge in [0.05, 0.1) is 11.3 Å². The summed E-state index contributed by atoms with van der Waals surface area (Å²) >= 11 is 0. The van der Waals surface area contributed by atoms with Crippen molar-refractivity contribution < 1.29 is 14.3 Å². The summed E-state index contributed by atoms with van der Waals surface area (Å²) in [4.78, 5) is 27.2. The second-order valence-electron chi connectivity index (χ2n) is 6.60. The van der Waals surface area contributed by atoms with Crippen molar-refractivity contribution in [3.8, 4) is 5.69 Å². The number of tetrazole rings is 1. The van der Waals surface area contributed by atoms with E-state index in [0.29, 0.717) is 24.3 Å². The van der Waals surface area contributed by atoms with Gasteiger partial charge in [0, 0.05) is 13.1 Å². The van der Waals surface area contributed by atoms with E-state index in [1.54, 1.807) is 36.1 Å². The number of hydrogen-bond acceptors (Lipinski definition) is 6. The van der Waals surface area contributed by atoms with Crippen LogP contribution in [0.4, 0.5) is 0 Å². The van der Waals surface area contributed by atoms with E-state index >= 15 is 0 Å². The van der Waals surface area contributed by atoms with Crippen molar-refractivity contribution >= 4 is 11.9 Å². The molecule has 1 atom stereocenters. The molecule has 0 N–H and O–H groups in total. The van der Waals surface area contributed by atoms with Crippen molar-refractivity contribution in [1.29, 1.82) is 0 Å². The van der Waals surface area contributed by atoms with Crippen molar-refractivity contribution in [2.24, 2.45) is 0 Å². The minimum atomic E-state index is -0.889. The van der Waals surface area contributed by atoms with Crippen molar-refractivity contribution in [2.75, 3.05) is 6.54 Å². The SMILES string of the molecule is C[C@@H](OC(=O)c1ccccc1-n1cnnn1)C(=O)N1CCc2ccccc2C1. The third-order valence-electron chi connectivity index (χ3n) is 4.79. The minimum Gasteiger partial charge on any atom is -0.449 e. The van der Waals surface area contributed by atoms with Gasteiger partial charge in [-0.25, -0.2) is 4.79 Å². The molecule has 1 amide bonds. The topological polar surface area (TPSA) is 90.2 Å². The lowest BCUT2D eigenvalue weighted by Gasteiger charge is -2.30. The molecule has 4 rings (SSSR count). The molecule has 8 nitrogen and oxygen atoms in total. The van der Waals surface area contributed by atoms with Crippen molar-refractivity contribution in [2.45, 2.75) is 26.0 Å². The zero-order chi connectivity index (χ0) is 19.5. The maximum atomic E-state index is 12.8. The smallest absolute Gasteiger partial charge is 0.341 e. The highest BCUT2D eigenvalue weighted by Crippen LogP contribution is 2.20. The number of ether oxygens (including phenoxy) is 1. The molecule has 0 saturated carbocycles. The van der Waals surface area contributed by atoms with Crippen LogP contribution in [-0.2, 0) is 22.5 Å². The lowest BCUT2D eigenvalue weighted by molar-refractivity contribution is -0.140. The fourth-order valence-electron chi connectivity index (χ4n) is 3.33. The number of carbonyl (C=O) groups excluding carboxylic acids is 2. The number of benzene rings is 2. The van der Waals surface area contributed by atoms with Crippen LogP contribution >= 0.6 is 0 Å². The Labute approximate surface area is 161 Å². The molecule has 8 heteroatoms. The lowest BCUT2D eigenvalue weighted by atomic mass is 9.99. The fourth-order valence-corrected chi connectivity index (χ4v) is 3.33. The summed E-state index contributed by atoms with van der Waals surface area (Å²) in [7, 11) is 0. The van der Waals surface area contributed by atoms with Gasteiger partial charge in [-0.1, -0.05) is 36.4 Å². The molecule has 1 aliphatic heterocycles. The molecule has 3 aromatic rings. The van der Waals surface area contributed by atoms with Crippen LogP contribution in [0.25, 0.3) is 5.69 Å². The Bertz CT molecular complexity index is 1000. The van der Waals surface area contributed by atoms with Gasteiger partial charge in [-0.3, -0.25) is 4.79 Å². The first-order valence-electron chi connectivity index (χ1n) is 9.02. The number of para-hydroxylation sites is 1. The summed E-state index contributed by atoms with van der Waals surface area (Å²) in [6.45, 7) is 2.73. The highest BCUT2D eigenvalue weighted by molar-refractivity contribution is 5.95. The number of amides is 1. The number of esters is 1.